The number of aryl methyl sites for hydroxylation is 3. The average molecular weight is 880 g/mol. The van der Waals surface area contributed by atoms with Crippen LogP contribution in [-0.4, -0.2) is 16.4 Å². The molecule has 3 nitrogen and oxygen atoms in total. The quantitative estimate of drug-likeness (QED) is 0.0837. The van der Waals surface area contributed by atoms with E-state index in [1.165, 1.54) is 5.56 Å². The van der Waals surface area contributed by atoms with Crippen molar-refractivity contribution in [2.45, 2.75) is 46.3 Å². The fraction of sp³-hybridized carbons (Fsp3) is 0.125. The molecule has 0 bridgehead atoms. The van der Waals surface area contributed by atoms with Gasteiger partial charge in [-0.2, -0.15) is 0 Å². The van der Waals surface area contributed by atoms with E-state index >= 15 is 0 Å². The van der Waals surface area contributed by atoms with Crippen LogP contribution in [0.15, 0.2) is 204 Å². The second kappa shape index (κ2) is 19.0. The van der Waals surface area contributed by atoms with E-state index < -0.39 is 6.10 Å². The fourth-order valence-electron chi connectivity index (χ4n) is 8.02. The molecule has 0 N–H and O–H groups in total. The molecule has 0 fully saturated rings. The highest BCUT2D eigenvalue weighted by atomic mass is 79.9. The van der Waals surface area contributed by atoms with Crippen molar-refractivity contribution in [3.63, 3.8) is 0 Å². The zero-order valence-electron chi connectivity index (χ0n) is 34.9. The average Bonchev–Trinajstić information content (AvgIpc) is 3.62. The first kappa shape index (κ1) is 41.5. The summed E-state index contributed by atoms with van der Waals surface area (Å²) in [5.41, 5.74) is 14.3. The molecule has 2 atom stereocenters. The van der Waals surface area contributed by atoms with Gasteiger partial charge >= 0.3 is 0 Å². The third-order valence-electron chi connectivity index (χ3n) is 11.3. The summed E-state index contributed by atoms with van der Waals surface area (Å²) in [6.07, 6.45) is 3.82. The van der Waals surface area contributed by atoms with E-state index in [9.17, 15) is 0 Å². The van der Waals surface area contributed by atoms with E-state index in [0.29, 0.717) is 11.6 Å². The number of hydrogen-bond donors (Lipinski definition) is 0. The van der Waals surface area contributed by atoms with E-state index in [1.54, 1.807) is 0 Å². The molecule has 0 aliphatic rings. The number of ether oxygens (including phenoxy) is 1. The Bertz CT molecular complexity index is 2650. The second-order valence-electron chi connectivity index (χ2n) is 15.4. The van der Waals surface area contributed by atoms with Gasteiger partial charge in [-0.05, 0) is 100 Å². The van der Waals surface area contributed by atoms with Crippen LogP contribution in [0.4, 0.5) is 5.69 Å². The third kappa shape index (κ3) is 9.12. The molecule has 8 aromatic rings. The van der Waals surface area contributed by atoms with Gasteiger partial charge < -0.3 is 9.30 Å². The molecule has 61 heavy (non-hydrogen) atoms. The predicted molar refractivity (Wildman–Crippen MR) is 261 cm³/mol. The molecule has 0 aliphatic heterocycles. The van der Waals surface area contributed by atoms with Crippen molar-refractivity contribution >= 4 is 38.9 Å². The summed E-state index contributed by atoms with van der Waals surface area (Å²) in [5.74, 6) is 0.849. The van der Waals surface area contributed by atoms with Crippen LogP contribution >= 0.6 is 27.5 Å². The zero-order valence-corrected chi connectivity index (χ0v) is 37.2. The molecule has 1 heterocycles. The Balaban J connectivity index is 1.49. The van der Waals surface area contributed by atoms with Crippen molar-refractivity contribution in [1.82, 2.24) is 4.57 Å². The van der Waals surface area contributed by atoms with Gasteiger partial charge in [0.05, 0.1) is 23.0 Å². The largest absolute Gasteiger partial charge is 0.479 e. The Kier molecular flexibility index (Phi) is 12.9. The van der Waals surface area contributed by atoms with Gasteiger partial charge in [0, 0.05) is 38.1 Å². The standard InChI is InChI=1S/C56H48BrClN2O/c1-38(42-22-10-5-11-23-42)33-36-49(48(37-60-40(3)34-35-41(60)4)59-55-39(2)21-20-32-47(55)58)61-56-52(45-28-16-8-17-29-45)50(43-24-12-6-13-25-43)54(57)51(44-26-14-7-15-27-44)53(56)46-30-18-9-19-31-46/h5-36,38,49H,37H2,1-4H3/b36-33+,59-48+/t38?,49-/m1/s1. The molecule has 1 aromatic heterocycles. The van der Waals surface area contributed by atoms with Gasteiger partial charge in [0.2, 0.25) is 0 Å². The van der Waals surface area contributed by atoms with E-state index in [1.807, 2.05) is 12.1 Å². The number of halogens is 2. The minimum absolute atomic E-state index is 0.0949. The van der Waals surface area contributed by atoms with Crippen LogP contribution in [0, 0.1) is 20.8 Å². The van der Waals surface area contributed by atoms with E-state index in [-0.39, 0.29) is 5.92 Å². The number of benzene rings is 7. The third-order valence-corrected chi connectivity index (χ3v) is 12.4. The normalized spacial score (nSPS) is 12.7. The van der Waals surface area contributed by atoms with Crippen LogP contribution in [0.1, 0.15) is 35.4 Å². The minimum Gasteiger partial charge on any atom is -0.479 e. The molecule has 0 radical (unpaired) electrons. The topological polar surface area (TPSA) is 26.5 Å². The van der Waals surface area contributed by atoms with Crippen LogP contribution in [0.3, 0.4) is 0 Å². The van der Waals surface area contributed by atoms with Gasteiger partial charge in [0.15, 0.2) is 6.10 Å². The van der Waals surface area contributed by atoms with E-state index in [4.69, 9.17) is 21.3 Å². The number of allylic oxidation sites excluding steroid dienone is 1. The van der Waals surface area contributed by atoms with Crippen molar-refractivity contribution < 1.29 is 4.74 Å². The summed E-state index contributed by atoms with van der Waals surface area (Å²) >= 11 is 11.3. The fourth-order valence-corrected chi connectivity index (χ4v) is 9.13. The number of rotatable bonds is 13. The molecule has 8 rings (SSSR count). The first-order valence-corrected chi connectivity index (χ1v) is 21.9. The molecule has 0 saturated carbocycles. The van der Waals surface area contributed by atoms with Gasteiger partial charge in [0.1, 0.15) is 5.75 Å². The molecule has 7 aromatic carbocycles. The lowest BCUT2D eigenvalue weighted by atomic mass is 9.84. The summed E-state index contributed by atoms with van der Waals surface area (Å²) < 4.78 is 11.2. The Hall–Kier alpha value is -6.20. The maximum atomic E-state index is 7.90. The van der Waals surface area contributed by atoms with E-state index in [0.717, 1.165) is 83.1 Å². The van der Waals surface area contributed by atoms with Crippen molar-refractivity contribution in [2.24, 2.45) is 4.99 Å². The molecule has 0 amide bonds. The predicted octanol–water partition coefficient (Wildman–Crippen LogP) is 16.1. The second-order valence-corrected chi connectivity index (χ2v) is 16.6. The zero-order chi connectivity index (χ0) is 42.3. The Morgan fingerprint density at radius 1 is 0.574 bits per heavy atom. The van der Waals surface area contributed by atoms with Gasteiger partial charge in [-0.25, -0.2) is 4.99 Å². The van der Waals surface area contributed by atoms with Crippen molar-refractivity contribution in [3.05, 3.63) is 226 Å². The Morgan fingerprint density at radius 3 is 1.48 bits per heavy atom. The van der Waals surface area contributed by atoms with Gasteiger partial charge in [-0.1, -0.05) is 188 Å². The Labute approximate surface area is 373 Å². The summed E-state index contributed by atoms with van der Waals surface area (Å²) in [7, 11) is 0. The summed E-state index contributed by atoms with van der Waals surface area (Å²) in [4.78, 5) is 5.52. The van der Waals surface area contributed by atoms with E-state index in [2.05, 4.69) is 230 Å². The molecular formula is C56H48BrClN2O. The molecule has 0 spiro atoms. The van der Waals surface area contributed by atoms with Crippen LogP contribution in [0.25, 0.3) is 44.5 Å². The van der Waals surface area contributed by atoms with Gasteiger partial charge in [-0.3, -0.25) is 0 Å². The number of aliphatic imine (C=N–C) groups is 1. The summed E-state index contributed by atoms with van der Waals surface area (Å²) in [6.45, 7) is 9.05. The molecule has 0 aliphatic carbocycles. The van der Waals surface area contributed by atoms with Gasteiger partial charge in [-0.15, -0.1) is 0 Å². The molecule has 302 valence electrons. The van der Waals surface area contributed by atoms with Gasteiger partial charge in [0.25, 0.3) is 0 Å². The van der Waals surface area contributed by atoms with Crippen LogP contribution in [0.5, 0.6) is 5.75 Å². The molecular weight excluding hydrogens is 832 g/mol. The minimum atomic E-state index is -0.638. The van der Waals surface area contributed by atoms with Crippen LogP contribution in [-0.2, 0) is 6.54 Å². The lowest BCUT2D eigenvalue weighted by Crippen LogP contribution is -2.30. The highest BCUT2D eigenvalue weighted by Crippen LogP contribution is 2.55. The molecule has 0 saturated heterocycles. The number of nitrogens with zero attached hydrogens (tertiary/aromatic N) is 2. The summed E-state index contributed by atoms with van der Waals surface area (Å²) in [6, 6.07) is 63.3. The molecule has 1 unspecified atom stereocenters. The van der Waals surface area contributed by atoms with Crippen LogP contribution < -0.4 is 4.74 Å². The lowest BCUT2D eigenvalue weighted by Gasteiger charge is -2.29. The first-order chi connectivity index (χ1) is 29.8. The lowest BCUT2D eigenvalue weighted by molar-refractivity contribution is 0.311. The smallest absolute Gasteiger partial charge is 0.157 e. The van der Waals surface area contributed by atoms with Crippen molar-refractivity contribution in [1.29, 1.82) is 0 Å². The first-order valence-electron chi connectivity index (χ1n) is 20.7. The van der Waals surface area contributed by atoms with Crippen molar-refractivity contribution in [3.8, 4) is 50.3 Å². The maximum Gasteiger partial charge on any atom is 0.157 e. The Morgan fingerprint density at radius 2 is 1.02 bits per heavy atom. The van der Waals surface area contributed by atoms with Crippen LogP contribution in [0.2, 0.25) is 5.02 Å². The highest BCUT2D eigenvalue weighted by Gasteiger charge is 2.30. The number of aromatic nitrogens is 1. The monoisotopic (exact) mass is 878 g/mol. The number of para-hydroxylation sites is 1. The molecule has 5 heteroatoms. The summed E-state index contributed by atoms with van der Waals surface area (Å²) in [5, 5.41) is 0.593. The SMILES string of the molecule is Cc1cccc(Cl)c1/N=C(\Cn1c(C)ccc1C)[C@@H](/C=C/C(C)c1ccccc1)Oc1c(-c2ccccc2)c(-c2ccccc2)c(Br)c(-c2ccccc2)c1-c1ccccc1. The highest BCUT2D eigenvalue weighted by molar-refractivity contribution is 9.10. The maximum absolute atomic E-state index is 7.90. The number of hydrogen-bond acceptors (Lipinski definition) is 2. The van der Waals surface area contributed by atoms with Crippen molar-refractivity contribution in [2.75, 3.05) is 0 Å².